The largest absolute Gasteiger partial charge is 0.362 e. The summed E-state index contributed by atoms with van der Waals surface area (Å²) >= 11 is 5.21. The van der Waals surface area contributed by atoms with Gasteiger partial charge in [-0.15, -0.1) is 0 Å². The number of thiocarbonyl (C=S) groups is 1. The van der Waals surface area contributed by atoms with Crippen LogP contribution < -0.4 is 16.2 Å². The maximum Gasteiger partial charge on any atom is 0.251 e. The highest BCUT2D eigenvalue weighted by atomic mass is 32.1. The fourth-order valence-electron chi connectivity index (χ4n) is 2.76. The Morgan fingerprint density at radius 1 is 1.15 bits per heavy atom. The summed E-state index contributed by atoms with van der Waals surface area (Å²) in [6.07, 6.45) is 0.531. The number of hydrogen-bond acceptors (Lipinski definition) is 2. The molecular weight excluding hydrogens is 349 g/mol. The first-order valence-corrected chi connectivity index (χ1v) is 8.77. The third-order valence-electron chi connectivity index (χ3n) is 4.30. The Balaban J connectivity index is 1.64. The summed E-state index contributed by atoms with van der Waals surface area (Å²) in [5.41, 5.74) is 4.37. The van der Waals surface area contributed by atoms with Gasteiger partial charge in [-0.25, -0.2) is 4.39 Å². The van der Waals surface area contributed by atoms with Crippen molar-refractivity contribution in [1.29, 1.82) is 0 Å². The van der Waals surface area contributed by atoms with Gasteiger partial charge in [0.1, 0.15) is 5.82 Å². The molecule has 1 aromatic heterocycles. The van der Waals surface area contributed by atoms with Crippen molar-refractivity contribution in [2.24, 2.45) is 0 Å². The zero-order chi connectivity index (χ0) is 18.7. The summed E-state index contributed by atoms with van der Waals surface area (Å²) in [4.78, 5) is 15.2. The van der Waals surface area contributed by atoms with E-state index in [4.69, 9.17) is 12.2 Å². The third-order valence-corrected chi connectivity index (χ3v) is 4.54. The molecule has 0 saturated heterocycles. The summed E-state index contributed by atoms with van der Waals surface area (Å²) in [6.45, 7) is 4.58. The molecule has 0 atom stereocenters. The fourth-order valence-corrected chi connectivity index (χ4v) is 2.98. The van der Waals surface area contributed by atoms with E-state index in [1.165, 1.54) is 17.7 Å². The minimum Gasteiger partial charge on any atom is -0.362 e. The number of nitrogens with one attached hydrogen (secondary N) is 3. The second-order valence-corrected chi connectivity index (χ2v) is 6.70. The van der Waals surface area contributed by atoms with Crippen LogP contribution in [0.15, 0.2) is 47.3 Å². The number of H-pyrrole nitrogens is 1. The van der Waals surface area contributed by atoms with E-state index >= 15 is 0 Å². The number of fused-ring (bicyclic) bond motifs is 1. The van der Waals surface area contributed by atoms with Crippen LogP contribution in [0.1, 0.15) is 16.7 Å². The summed E-state index contributed by atoms with van der Waals surface area (Å²) in [6, 6.07) is 12.1. The van der Waals surface area contributed by atoms with Crippen LogP contribution in [0.5, 0.6) is 0 Å². The second kappa shape index (κ2) is 7.66. The van der Waals surface area contributed by atoms with Gasteiger partial charge >= 0.3 is 0 Å². The minimum atomic E-state index is -0.328. The molecule has 0 saturated carbocycles. The Hall–Kier alpha value is -2.73. The summed E-state index contributed by atoms with van der Waals surface area (Å²) < 4.78 is 13.2. The van der Waals surface area contributed by atoms with Crippen LogP contribution >= 0.6 is 12.2 Å². The summed E-state index contributed by atoms with van der Waals surface area (Å²) in [7, 11) is 0. The molecule has 0 fully saturated rings. The predicted molar refractivity (Wildman–Crippen MR) is 108 cm³/mol. The first kappa shape index (κ1) is 18.1. The van der Waals surface area contributed by atoms with Crippen molar-refractivity contribution in [3.05, 3.63) is 75.3 Å². The van der Waals surface area contributed by atoms with E-state index in [2.05, 4.69) is 28.6 Å². The molecule has 3 N–H and O–H groups in total. The molecule has 4 nitrogen and oxygen atoms in total. The Morgan fingerprint density at radius 3 is 2.69 bits per heavy atom. The topological polar surface area (TPSA) is 56.9 Å². The number of anilines is 1. The number of rotatable bonds is 4. The Kier molecular flexibility index (Phi) is 5.32. The molecule has 0 aliphatic rings. The molecular formula is C20H20FN3OS. The molecule has 0 aliphatic carbocycles. The number of hydrogen-bond donors (Lipinski definition) is 3. The van der Waals surface area contributed by atoms with Gasteiger partial charge in [-0.3, -0.25) is 4.79 Å². The first-order valence-electron chi connectivity index (χ1n) is 8.36. The van der Waals surface area contributed by atoms with Gasteiger partial charge in [0.25, 0.3) is 5.56 Å². The zero-order valence-electron chi connectivity index (χ0n) is 14.7. The monoisotopic (exact) mass is 369 g/mol. The molecule has 0 spiro atoms. The molecule has 3 rings (SSSR count). The van der Waals surface area contributed by atoms with Gasteiger partial charge in [-0.1, -0.05) is 6.07 Å². The lowest BCUT2D eigenvalue weighted by molar-refractivity contribution is 0.628. The van der Waals surface area contributed by atoms with E-state index in [0.717, 1.165) is 16.5 Å². The Labute approximate surface area is 156 Å². The molecule has 0 bridgehead atoms. The van der Waals surface area contributed by atoms with E-state index in [1.807, 2.05) is 19.1 Å². The van der Waals surface area contributed by atoms with Crippen molar-refractivity contribution in [3.8, 4) is 0 Å². The van der Waals surface area contributed by atoms with Crippen LogP contribution in [-0.2, 0) is 6.42 Å². The van der Waals surface area contributed by atoms with E-state index in [-0.39, 0.29) is 11.4 Å². The SMILES string of the molecule is Cc1cc2cc(CCNC(=S)Nc3cccc(F)c3)c(=O)[nH]c2cc1C. The van der Waals surface area contributed by atoms with Crippen LogP contribution in [0.25, 0.3) is 10.9 Å². The highest BCUT2D eigenvalue weighted by Gasteiger charge is 2.06. The molecule has 26 heavy (non-hydrogen) atoms. The lowest BCUT2D eigenvalue weighted by Crippen LogP contribution is -2.31. The molecule has 0 radical (unpaired) electrons. The van der Waals surface area contributed by atoms with Gasteiger partial charge in [-0.2, -0.15) is 0 Å². The van der Waals surface area contributed by atoms with Crippen LogP contribution in [0.3, 0.4) is 0 Å². The average Bonchev–Trinajstić information content (AvgIpc) is 2.57. The molecule has 0 amide bonds. The number of aromatic nitrogens is 1. The normalized spacial score (nSPS) is 10.7. The third kappa shape index (κ3) is 4.26. The predicted octanol–water partition coefficient (Wildman–Crippen LogP) is 3.81. The highest BCUT2D eigenvalue weighted by molar-refractivity contribution is 7.80. The first-order chi connectivity index (χ1) is 12.4. The molecule has 1 heterocycles. The highest BCUT2D eigenvalue weighted by Crippen LogP contribution is 2.17. The molecule has 2 aromatic carbocycles. The quantitative estimate of drug-likeness (QED) is 0.612. The lowest BCUT2D eigenvalue weighted by atomic mass is 10.0. The number of pyridine rings is 1. The van der Waals surface area contributed by atoms with Crippen molar-refractivity contribution in [3.63, 3.8) is 0 Å². The maximum atomic E-state index is 13.2. The molecule has 0 unspecified atom stereocenters. The van der Waals surface area contributed by atoms with Crippen molar-refractivity contribution in [1.82, 2.24) is 10.3 Å². The number of aryl methyl sites for hydroxylation is 2. The second-order valence-electron chi connectivity index (χ2n) is 6.29. The molecule has 3 aromatic rings. The Bertz CT molecular complexity index is 1030. The van der Waals surface area contributed by atoms with Gasteiger partial charge in [0, 0.05) is 23.3 Å². The smallest absolute Gasteiger partial charge is 0.251 e. The van der Waals surface area contributed by atoms with E-state index in [9.17, 15) is 9.18 Å². The van der Waals surface area contributed by atoms with Crippen LogP contribution in [-0.4, -0.2) is 16.6 Å². The van der Waals surface area contributed by atoms with E-state index in [0.29, 0.717) is 29.3 Å². The number of benzene rings is 2. The van der Waals surface area contributed by atoms with Crippen molar-refractivity contribution < 1.29 is 4.39 Å². The van der Waals surface area contributed by atoms with Gasteiger partial charge in [0.15, 0.2) is 5.11 Å². The van der Waals surface area contributed by atoms with E-state index < -0.39 is 0 Å². The van der Waals surface area contributed by atoms with Gasteiger partial charge in [0.05, 0.1) is 0 Å². The number of aromatic amines is 1. The maximum absolute atomic E-state index is 13.2. The molecule has 6 heteroatoms. The average molecular weight is 369 g/mol. The van der Waals surface area contributed by atoms with Crippen LogP contribution in [0.4, 0.5) is 10.1 Å². The van der Waals surface area contributed by atoms with Crippen molar-refractivity contribution in [2.75, 3.05) is 11.9 Å². The van der Waals surface area contributed by atoms with E-state index in [1.54, 1.807) is 12.1 Å². The fraction of sp³-hybridized carbons (Fsp3) is 0.200. The molecule has 134 valence electrons. The van der Waals surface area contributed by atoms with Crippen molar-refractivity contribution >= 4 is 33.9 Å². The van der Waals surface area contributed by atoms with Gasteiger partial charge in [0.2, 0.25) is 0 Å². The van der Waals surface area contributed by atoms with Crippen LogP contribution in [0.2, 0.25) is 0 Å². The standard InChI is InChI=1S/C20H20FN3OS/c1-12-8-15-10-14(19(25)24-18(15)9-13(12)2)6-7-22-20(26)23-17-5-3-4-16(21)11-17/h3-5,8-11H,6-7H2,1-2H3,(H,24,25)(H2,22,23,26). The van der Waals surface area contributed by atoms with Gasteiger partial charge < -0.3 is 15.6 Å². The lowest BCUT2D eigenvalue weighted by Gasteiger charge is -2.11. The molecule has 0 aliphatic heterocycles. The van der Waals surface area contributed by atoms with Crippen LogP contribution in [0, 0.1) is 19.7 Å². The summed E-state index contributed by atoms with van der Waals surface area (Å²) in [5.74, 6) is -0.328. The summed E-state index contributed by atoms with van der Waals surface area (Å²) in [5, 5.41) is 7.37. The van der Waals surface area contributed by atoms with Crippen molar-refractivity contribution in [2.45, 2.75) is 20.3 Å². The minimum absolute atomic E-state index is 0.0911. The zero-order valence-corrected chi connectivity index (χ0v) is 15.5. The van der Waals surface area contributed by atoms with Gasteiger partial charge in [-0.05, 0) is 85.4 Å². The number of halogens is 1. The Morgan fingerprint density at radius 2 is 1.92 bits per heavy atom.